The van der Waals surface area contributed by atoms with Gasteiger partial charge in [0.1, 0.15) is 0 Å². The Kier molecular flexibility index (Phi) is 7.75. The molecule has 18 heavy (non-hydrogen) atoms. The fourth-order valence-corrected chi connectivity index (χ4v) is 2.45. The van der Waals surface area contributed by atoms with E-state index in [2.05, 4.69) is 56.4 Å². The zero-order valence-corrected chi connectivity index (χ0v) is 12.3. The number of unbranched alkanes of at least 4 members (excludes halogenated alkanes) is 2. The number of hydrogen-bond acceptors (Lipinski definition) is 1. The summed E-state index contributed by atoms with van der Waals surface area (Å²) in [5, 5.41) is 3.59. The summed E-state index contributed by atoms with van der Waals surface area (Å²) in [6.07, 6.45) is 6.57. The maximum absolute atomic E-state index is 3.59. The molecular weight excluding hydrogens is 218 g/mol. The molecule has 0 aromatic heterocycles. The van der Waals surface area contributed by atoms with Gasteiger partial charge in [-0.25, -0.2) is 0 Å². The van der Waals surface area contributed by atoms with Gasteiger partial charge in [-0.15, -0.1) is 0 Å². The van der Waals surface area contributed by atoms with Crippen molar-refractivity contribution < 1.29 is 0 Å². The van der Waals surface area contributed by atoms with E-state index in [1.807, 2.05) is 0 Å². The van der Waals surface area contributed by atoms with Gasteiger partial charge in [0.15, 0.2) is 0 Å². The molecule has 0 radical (unpaired) electrons. The second kappa shape index (κ2) is 9.16. The summed E-state index contributed by atoms with van der Waals surface area (Å²) in [7, 11) is 0. The van der Waals surface area contributed by atoms with Crippen LogP contribution in [0.5, 0.6) is 0 Å². The average Bonchev–Trinajstić information content (AvgIpc) is 2.38. The lowest BCUT2D eigenvalue weighted by Gasteiger charge is -2.21. The lowest BCUT2D eigenvalue weighted by Crippen LogP contribution is -2.33. The van der Waals surface area contributed by atoms with Gasteiger partial charge in [-0.3, -0.25) is 0 Å². The second-order valence-electron chi connectivity index (χ2n) is 5.49. The molecule has 1 rings (SSSR count). The van der Waals surface area contributed by atoms with Crippen molar-refractivity contribution in [3.63, 3.8) is 0 Å². The first-order chi connectivity index (χ1) is 8.74. The topological polar surface area (TPSA) is 12.0 Å². The minimum Gasteiger partial charge on any atom is -0.314 e. The zero-order chi connectivity index (χ0) is 13.2. The van der Waals surface area contributed by atoms with Crippen LogP contribution in [0, 0.1) is 5.92 Å². The van der Waals surface area contributed by atoms with E-state index >= 15 is 0 Å². The number of hydrogen-bond donors (Lipinski definition) is 1. The highest BCUT2D eigenvalue weighted by atomic mass is 14.9. The maximum atomic E-state index is 3.59. The van der Waals surface area contributed by atoms with Crippen molar-refractivity contribution in [2.75, 3.05) is 6.54 Å². The van der Waals surface area contributed by atoms with Crippen LogP contribution in [0.25, 0.3) is 0 Å². The molecule has 1 unspecified atom stereocenters. The third-order valence-electron chi connectivity index (χ3n) is 3.59. The average molecular weight is 247 g/mol. The van der Waals surface area contributed by atoms with Crippen LogP contribution in [0.4, 0.5) is 0 Å². The molecule has 1 atom stereocenters. The molecule has 0 heterocycles. The molecule has 0 bridgehead atoms. The summed E-state index contributed by atoms with van der Waals surface area (Å²) in [6, 6.07) is 11.5. The van der Waals surface area contributed by atoms with Gasteiger partial charge < -0.3 is 5.32 Å². The zero-order valence-electron chi connectivity index (χ0n) is 12.3. The Hall–Kier alpha value is -0.820. The van der Waals surface area contributed by atoms with Crippen LogP contribution in [-0.2, 0) is 6.42 Å². The summed E-state index contributed by atoms with van der Waals surface area (Å²) in [6.45, 7) is 7.92. The highest BCUT2D eigenvalue weighted by Gasteiger charge is 2.10. The third kappa shape index (κ3) is 6.20. The first-order valence-electron chi connectivity index (χ1n) is 7.51. The molecule has 1 aromatic rings. The highest BCUT2D eigenvalue weighted by Crippen LogP contribution is 2.13. The number of rotatable bonds is 9. The molecule has 1 N–H and O–H groups in total. The van der Waals surface area contributed by atoms with Gasteiger partial charge in [0.2, 0.25) is 0 Å². The number of nitrogens with one attached hydrogen (secondary N) is 1. The van der Waals surface area contributed by atoms with Crippen LogP contribution in [0.2, 0.25) is 0 Å². The van der Waals surface area contributed by atoms with Crippen molar-refractivity contribution in [3.05, 3.63) is 35.9 Å². The Morgan fingerprint density at radius 2 is 1.72 bits per heavy atom. The molecule has 1 aromatic carbocycles. The molecule has 1 nitrogen and oxygen atoms in total. The van der Waals surface area contributed by atoms with Crippen LogP contribution < -0.4 is 5.32 Å². The number of benzene rings is 1. The summed E-state index contributed by atoms with van der Waals surface area (Å²) in [5.74, 6) is 0.749. The van der Waals surface area contributed by atoms with Crippen molar-refractivity contribution in [1.82, 2.24) is 5.32 Å². The molecule has 1 heteroatoms. The van der Waals surface area contributed by atoms with Crippen molar-refractivity contribution in [2.24, 2.45) is 5.92 Å². The van der Waals surface area contributed by atoms with Crippen LogP contribution in [0.15, 0.2) is 30.3 Å². The van der Waals surface area contributed by atoms with E-state index in [0.717, 1.165) is 12.5 Å². The standard InChI is InChI=1S/C17H29N/c1-4-18-17(15(2)3)14-10-6-9-13-16-11-7-5-8-12-16/h5,7-8,11-12,15,17-18H,4,6,9-10,13-14H2,1-3H3. The van der Waals surface area contributed by atoms with Crippen LogP contribution in [0.1, 0.15) is 52.0 Å². The van der Waals surface area contributed by atoms with Crippen LogP contribution >= 0.6 is 0 Å². The van der Waals surface area contributed by atoms with E-state index in [4.69, 9.17) is 0 Å². The summed E-state index contributed by atoms with van der Waals surface area (Å²) in [5.41, 5.74) is 1.48. The fourth-order valence-electron chi connectivity index (χ4n) is 2.45. The molecule has 0 saturated carbocycles. The van der Waals surface area contributed by atoms with Crippen molar-refractivity contribution in [1.29, 1.82) is 0 Å². The lowest BCUT2D eigenvalue weighted by molar-refractivity contribution is 0.372. The lowest BCUT2D eigenvalue weighted by atomic mass is 9.97. The SMILES string of the molecule is CCNC(CCCCCc1ccccc1)C(C)C. The van der Waals surface area contributed by atoms with Crippen LogP contribution in [-0.4, -0.2) is 12.6 Å². The summed E-state index contributed by atoms with van der Waals surface area (Å²) >= 11 is 0. The molecule has 0 aliphatic heterocycles. The maximum Gasteiger partial charge on any atom is 0.00899 e. The fraction of sp³-hybridized carbons (Fsp3) is 0.647. The van der Waals surface area contributed by atoms with Crippen molar-refractivity contribution >= 4 is 0 Å². The smallest absolute Gasteiger partial charge is 0.00899 e. The first-order valence-corrected chi connectivity index (χ1v) is 7.51. The van der Waals surface area contributed by atoms with E-state index in [0.29, 0.717) is 6.04 Å². The van der Waals surface area contributed by atoms with Crippen LogP contribution in [0.3, 0.4) is 0 Å². The minimum absolute atomic E-state index is 0.701. The van der Waals surface area contributed by atoms with E-state index in [1.165, 1.54) is 37.7 Å². The Balaban J connectivity index is 2.10. The largest absolute Gasteiger partial charge is 0.314 e. The molecule has 0 amide bonds. The van der Waals surface area contributed by atoms with E-state index < -0.39 is 0 Å². The Labute approximate surface area is 113 Å². The molecular formula is C17H29N. The van der Waals surface area contributed by atoms with Gasteiger partial charge in [0, 0.05) is 6.04 Å². The van der Waals surface area contributed by atoms with Crippen molar-refractivity contribution in [3.8, 4) is 0 Å². The van der Waals surface area contributed by atoms with E-state index in [9.17, 15) is 0 Å². The second-order valence-corrected chi connectivity index (χ2v) is 5.49. The first kappa shape index (κ1) is 15.2. The molecule has 0 aliphatic rings. The Morgan fingerprint density at radius 3 is 2.33 bits per heavy atom. The normalized spacial score (nSPS) is 12.9. The van der Waals surface area contributed by atoms with Gasteiger partial charge in [-0.2, -0.15) is 0 Å². The summed E-state index contributed by atoms with van der Waals surface area (Å²) < 4.78 is 0. The Bertz CT molecular complexity index is 292. The predicted octanol–water partition coefficient (Wildman–Crippen LogP) is 4.42. The number of aryl methyl sites for hydroxylation is 1. The monoisotopic (exact) mass is 247 g/mol. The van der Waals surface area contributed by atoms with Crippen molar-refractivity contribution in [2.45, 2.75) is 58.9 Å². The Morgan fingerprint density at radius 1 is 1.00 bits per heavy atom. The highest BCUT2D eigenvalue weighted by molar-refractivity contribution is 5.14. The van der Waals surface area contributed by atoms with Gasteiger partial charge >= 0.3 is 0 Å². The molecule has 0 aliphatic carbocycles. The quantitative estimate of drug-likeness (QED) is 0.637. The molecule has 0 spiro atoms. The van der Waals surface area contributed by atoms with E-state index in [-0.39, 0.29) is 0 Å². The third-order valence-corrected chi connectivity index (χ3v) is 3.59. The molecule has 102 valence electrons. The van der Waals surface area contributed by atoms with Gasteiger partial charge in [0.05, 0.1) is 0 Å². The predicted molar refractivity (Wildman–Crippen MR) is 80.9 cm³/mol. The van der Waals surface area contributed by atoms with E-state index in [1.54, 1.807) is 0 Å². The van der Waals surface area contributed by atoms with Gasteiger partial charge in [0.25, 0.3) is 0 Å². The summed E-state index contributed by atoms with van der Waals surface area (Å²) in [4.78, 5) is 0. The minimum atomic E-state index is 0.701. The molecule has 0 fully saturated rings. The van der Waals surface area contributed by atoms with Gasteiger partial charge in [-0.1, -0.05) is 63.9 Å². The van der Waals surface area contributed by atoms with Gasteiger partial charge in [-0.05, 0) is 37.3 Å². The molecule has 0 saturated heterocycles.